The van der Waals surface area contributed by atoms with Gasteiger partial charge in [-0.15, -0.1) is 0 Å². The standard InChI is InChI=1S/C27H21ClFN5O3S/c28-21-11-20(7-8-22(21)37-14-17-4-2-6-19(29)10-17)33-25-24-27(32-15-31-25)38-26(34-24)18-5-1-3-16(9-18)12-30-23(36)13-35/h1-11,15,35H,12-14H2,(H,30,36)(H,31,32,33). The Labute approximate surface area is 226 Å². The largest absolute Gasteiger partial charge is 0.487 e. The number of aromatic nitrogens is 3. The van der Waals surface area contributed by atoms with Crippen LogP contribution in [-0.4, -0.2) is 32.6 Å². The Morgan fingerprint density at radius 3 is 2.71 bits per heavy atom. The first-order valence-electron chi connectivity index (χ1n) is 11.5. The molecule has 0 fully saturated rings. The number of benzene rings is 3. The van der Waals surface area contributed by atoms with Crippen molar-refractivity contribution in [2.45, 2.75) is 13.2 Å². The number of nitrogens with zero attached hydrogens (tertiary/aromatic N) is 3. The van der Waals surface area contributed by atoms with E-state index in [1.165, 1.54) is 29.8 Å². The highest BCUT2D eigenvalue weighted by Gasteiger charge is 2.14. The molecule has 8 nitrogen and oxygen atoms in total. The highest BCUT2D eigenvalue weighted by Crippen LogP contribution is 2.34. The van der Waals surface area contributed by atoms with Crippen molar-refractivity contribution in [2.75, 3.05) is 11.9 Å². The van der Waals surface area contributed by atoms with Crippen molar-refractivity contribution >= 4 is 50.7 Å². The molecule has 2 aromatic heterocycles. The second kappa shape index (κ2) is 11.5. The van der Waals surface area contributed by atoms with Gasteiger partial charge < -0.3 is 20.5 Å². The maximum absolute atomic E-state index is 13.4. The number of amides is 1. The molecule has 0 aliphatic rings. The number of ether oxygens (including phenoxy) is 1. The van der Waals surface area contributed by atoms with Crippen LogP contribution in [0, 0.1) is 5.82 Å². The topological polar surface area (TPSA) is 109 Å². The SMILES string of the molecule is O=C(CO)NCc1cccc(-c2nc3c(Nc4ccc(OCc5cccc(F)c5)c(Cl)c4)ncnc3s2)c1. The Hall–Kier alpha value is -4.12. The van der Waals surface area contributed by atoms with Crippen molar-refractivity contribution in [3.63, 3.8) is 0 Å². The average molecular weight is 550 g/mol. The molecule has 11 heteroatoms. The van der Waals surface area contributed by atoms with Gasteiger partial charge >= 0.3 is 0 Å². The maximum Gasteiger partial charge on any atom is 0.245 e. The molecule has 0 radical (unpaired) electrons. The predicted octanol–water partition coefficient (Wildman–Crippen LogP) is 5.48. The summed E-state index contributed by atoms with van der Waals surface area (Å²) in [5.74, 6) is 0.235. The fourth-order valence-electron chi connectivity index (χ4n) is 3.66. The normalized spacial score (nSPS) is 10.9. The van der Waals surface area contributed by atoms with Crippen LogP contribution in [0.3, 0.4) is 0 Å². The zero-order chi connectivity index (χ0) is 26.5. The Kier molecular flexibility index (Phi) is 7.73. The molecule has 2 heterocycles. The van der Waals surface area contributed by atoms with Crippen molar-refractivity contribution in [1.82, 2.24) is 20.3 Å². The minimum atomic E-state index is -0.554. The minimum absolute atomic E-state index is 0.188. The summed E-state index contributed by atoms with van der Waals surface area (Å²) in [6, 6.07) is 19.1. The molecule has 3 N–H and O–H groups in total. The molecule has 192 valence electrons. The van der Waals surface area contributed by atoms with Gasteiger partial charge in [-0.3, -0.25) is 4.79 Å². The smallest absolute Gasteiger partial charge is 0.245 e. The molecule has 0 saturated carbocycles. The summed E-state index contributed by atoms with van der Waals surface area (Å²) in [5.41, 5.74) is 3.74. The third-order valence-electron chi connectivity index (χ3n) is 5.48. The number of thiazole rings is 1. The third-order valence-corrected chi connectivity index (χ3v) is 6.79. The highest BCUT2D eigenvalue weighted by atomic mass is 35.5. The number of carbonyl (C=O) groups is 1. The minimum Gasteiger partial charge on any atom is -0.487 e. The van der Waals surface area contributed by atoms with E-state index in [0.717, 1.165) is 16.1 Å². The Bertz CT molecular complexity index is 1610. The van der Waals surface area contributed by atoms with E-state index in [4.69, 9.17) is 26.4 Å². The third kappa shape index (κ3) is 6.05. The van der Waals surface area contributed by atoms with E-state index >= 15 is 0 Å². The maximum atomic E-state index is 13.4. The van der Waals surface area contributed by atoms with Gasteiger partial charge in [0.2, 0.25) is 5.91 Å². The van der Waals surface area contributed by atoms with Crippen molar-refractivity contribution < 1.29 is 19.0 Å². The second-order valence-corrected chi connectivity index (χ2v) is 9.60. The van der Waals surface area contributed by atoms with Gasteiger partial charge in [0.05, 0.1) is 5.02 Å². The fraction of sp³-hybridized carbons (Fsp3) is 0.111. The number of hydrogen-bond acceptors (Lipinski definition) is 8. The molecule has 3 aromatic carbocycles. The van der Waals surface area contributed by atoms with Gasteiger partial charge in [-0.1, -0.05) is 53.3 Å². The van der Waals surface area contributed by atoms with E-state index in [1.807, 2.05) is 24.3 Å². The molecule has 5 rings (SSSR count). The first kappa shape index (κ1) is 25.5. The summed E-state index contributed by atoms with van der Waals surface area (Å²) in [4.78, 5) is 25.6. The number of rotatable bonds is 9. The lowest BCUT2D eigenvalue weighted by Crippen LogP contribution is -2.25. The van der Waals surface area contributed by atoms with Crippen LogP contribution in [0.15, 0.2) is 73.1 Å². The molecule has 1 amide bonds. The van der Waals surface area contributed by atoms with Crippen LogP contribution in [-0.2, 0) is 17.9 Å². The lowest BCUT2D eigenvalue weighted by atomic mass is 10.1. The van der Waals surface area contributed by atoms with Gasteiger partial charge in [0.15, 0.2) is 5.82 Å². The molecule has 0 saturated heterocycles. The molecule has 0 aliphatic carbocycles. The van der Waals surface area contributed by atoms with Gasteiger partial charge in [0.1, 0.15) is 46.5 Å². The number of halogens is 2. The molecular formula is C27H21ClFN5O3S. The van der Waals surface area contributed by atoms with Crippen LogP contribution in [0.25, 0.3) is 20.9 Å². The zero-order valence-electron chi connectivity index (χ0n) is 19.8. The van der Waals surface area contributed by atoms with Gasteiger partial charge in [-0.25, -0.2) is 19.3 Å². The van der Waals surface area contributed by atoms with Gasteiger partial charge in [-0.05, 0) is 47.5 Å². The van der Waals surface area contributed by atoms with Crippen LogP contribution in [0.2, 0.25) is 5.02 Å². The molecule has 0 aliphatic heterocycles. The number of hydrogen-bond donors (Lipinski definition) is 3. The monoisotopic (exact) mass is 549 g/mol. The average Bonchev–Trinajstić information content (AvgIpc) is 3.37. The van der Waals surface area contributed by atoms with Crippen molar-refractivity contribution in [1.29, 1.82) is 0 Å². The number of nitrogens with one attached hydrogen (secondary N) is 2. The van der Waals surface area contributed by atoms with Crippen molar-refractivity contribution in [2.24, 2.45) is 0 Å². The van der Waals surface area contributed by atoms with Gasteiger partial charge in [0.25, 0.3) is 0 Å². The van der Waals surface area contributed by atoms with Crippen LogP contribution >= 0.6 is 22.9 Å². The van der Waals surface area contributed by atoms with E-state index in [1.54, 1.807) is 30.3 Å². The molecule has 38 heavy (non-hydrogen) atoms. The molecule has 0 spiro atoms. The first-order valence-corrected chi connectivity index (χ1v) is 12.7. The van der Waals surface area contributed by atoms with Crippen molar-refractivity contribution in [3.05, 3.63) is 95.0 Å². The van der Waals surface area contributed by atoms with Crippen molar-refractivity contribution in [3.8, 4) is 16.3 Å². The number of anilines is 2. The Morgan fingerprint density at radius 1 is 1.05 bits per heavy atom. The van der Waals surface area contributed by atoms with E-state index < -0.39 is 12.5 Å². The fourth-order valence-corrected chi connectivity index (χ4v) is 4.80. The quantitative estimate of drug-likeness (QED) is 0.223. The number of fused-ring (bicyclic) bond motifs is 1. The number of aliphatic hydroxyl groups excluding tert-OH is 1. The summed E-state index contributed by atoms with van der Waals surface area (Å²) in [7, 11) is 0. The highest BCUT2D eigenvalue weighted by molar-refractivity contribution is 7.21. The van der Waals surface area contributed by atoms with Crippen LogP contribution in [0.5, 0.6) is 5.75 Å². The second-order valence-electron chi connectivity index (χ2n) is 8.22. The first-order chi connectivity index (χ1) is 18.5. The lowest BCUT2D eigenvalue weighted by molar-refractivity contribution is -0.123. The molecule has 0 unspecified atom stereocenters. The molecule has 5 aromatic rings. The van der Waals surface area contributed by atoms with Gasteiger partial charge in [0, 0.05) is 17.8 Å². The molecule has 0 bridgehead atoms. The van der Waals surface area contributed by atoms with E-state index in [0.29, 0.717) is 44.7 Å². The van der Waals surface area contributed by atoms with Crippen LogP contribution < -0.4 is 15.4 Å². The van der Waals surface area contributed by atoms with E-state index in [9.17, 15) is 9.18 Å². The summed E-state index contributed by atoms with van der Waals surface area (Å²) >= 11 is 7.86. The van der Waals surface area contributed by atoms with Gasteiger partial charge in [-0.2, -0.15) is 0 Å². The van der Waals surface area contributed by atoms with E-state index in [-0.39, 0.29) is 12.4 Å². The lowest BCUT2D eigenvalue weighted by Gasteiger charge is -2.11. The Morgan fingerprint density at radius 2 is 1.89 bits per heavy atom. The Balaban J connectivity index is 1.32. The molecular weight excluding hydrogens is 529 g/mol. The predicted molar refractivity (Wildman–Crippen MR) is 145 cm³/mol. The zero-order valence-corrected chi connectivity index (χ0v) is 21.4. The van der Waals surface area contributed by atoms with Crippen LogP contribution in [0.1, 0.15) is 11.1 Å². The van der Waals surface area contributed by atoms with Crippen LogP contribution in [0.4, 0.5) is 15.9 Å². The summed E-state index contributed by atoms with van der Waals surface area (Å²) in [6.45, 7) is -0.0667. The number of aliphatic hydroxyl groups is 1. The molecule has 0 atom stereocenters. The van der Waals surface area contributed by atoms with E-state index in [2.05, 4.69) is 20.6 Å². The summed E-state index contributed by atoms with van der Waals surface area (Å²) < 4.78 is 19.2. The summed E-state index contributed by atoms with van der Waals surface area (Å²) in [5, 5.41) is 15.9. The summed E-state index contributed by atoms with van der Waals surface area (Å²) in [6.07, 6.45) is 1.46. The number of carbonyl (C=O) groups excluding carboxylic acids is 1.